The molecule has 0 unspecified atom stereocenters. The van der Waals surface area contributed by atoms with E-state index in [0.717, 1.165) is 25.9 Å². The summed E-state index contributed by atoms with van der Waals surface area (Å²) < 4.78 is 0. The fourth-order valence-electron chi connectivity index (χ4n) is 0.957. The monoisotopic (exact) mass is 200 g/mol. The van der Waals surface area contributed by atoms with E-state index >= 15 is 0 Å². The molecule has 9 heavy (non-hydrogen) atoms. The van der Waals surface area contributed by atoms with Gasteiger partial charge in [0, 0.05) is 32.7 Å². The van der Waals surface area contributed by atoms with Crippen molar-refractivity contribution in [1.82, 2.24) is 5.32 Å². The average molecular weight is 200 g/mol. The standard InChI is InChI=1S/C7H13N.Y/c1-7(2)3-5-8-6-4-7;/h8H,1-6H2;/q-2;. The molecule has 1 rings (SSSR count). The van der Waals surface area contributed by atoms with Gasteiger partial charge in [0.2, 0.25) is 0 Å². The van der Waals surface area contributed by atoms with Crippen LogP contribution in [0.1, 0.15) is 12.8 Å². The Balaban J connectivity index is 0.000000640. The Morgan fingerprint density at radius 3 is 1.78 bits per heavy atom. The van der Waals surface area contributed by atoms with E-state index in [-0.39, 0.29) is 38.1 Å². The maximum absolute atomic E-state index is 3.98. The zero-order valence-electron chi connectivity index (χ0n) is 5.82. The predicted molar refractivity (Wildman–Crippen MR) is 35.3 cm³/mol. The summed E-state index contributed by atoms with van der Waals surface area (Å²) in [5.74, 6) is 0. The zero-order chi connectivity index (χ0) is 6.04. The average Bonchev–Trinajstić information content (AvgIpc) is 1.65. The molecule has 0 aromatic heterocycles. The summed E-state index contributed by atoms with van der Waals surface area (Å²) in [5.41, 5.74) is 0.116. The van der Waals surface area contributed by atoms with E-state index in [9.17, 15) is 0 Å². The minimum absolute atomic E-state index is 0. The summed E-state index contributed by atoms with van der Waals surface area (Å²) in [5, 5.41) is 3.26. The quantitative estimate of drug-likeness (QED) is 0.575. The minimum atomic E-state index is 0. The van der Waals surface area contributed by atoms with Crippen LogP contribution < -0.4 is 5.32 Å². The van der Waals surface area contributed by atoms with Crippen LogP contribution in [-0.4, -0.2) is 13.1 Å². The van der Waals surface area contributed by atoms with Gasteiger partial charge in [-0.25, -0.2) is 0 Å². The minimum Gasteiger partial charge on any atom is -0.367 e. The van der Waals surface area contributed by atoms with E-state index in [1.165, 1.54) is 0 Å². The third-order valence-corrected chi connectivity index (χ3v) is 1.66. The topological polar surface area (TPSA) is 12.0 Å². The molecule has 0 aromatic carbocycles. The van der Waals surface area contributed by atoms with Crippen LogP contribution >= 0.6 is 0 Å². The van der Waals surface area contributed by atoms with Gasteiger partial charge in [0.15, 0.2) is 0 Å². The molecule has 0 aliphatic carbocycles. The molecule has 1 aliphatic heterocycles. The number of nitrogens with one attached hydrogen (secondary N) is 1. The van der Waals surface area contributed by atoms with E-state index in [2.05, 4.69) is 19.2 Å². The summed E-state index contributed by atoms with van der Waals surface area (Å²) >= 11 is 0. The smallest absolute Gasteiger partial charge is 0 e. The molecule has 0 aromatic rings. The summed E-state index contributed by atoms with van der Waals surface area (Å²) in [6.45, 7) is 10.1. The first kappa shape index (κ1) is 10.1. The van der Waals surface area contributed by atoms with E-state index in [0.29, 0.717) is 0 Å². The molecule has 1 fully saturated rings. The van der Waals surface area contributed by atoms with Crippen molar-refractivity contribution < 1.29 is 32.7 Å². The van der Waals surface area contributed by atoms with Gasteiger partial charge < -0.3 is 19.2 Å². The van der Waals surface area contributed by atoms with Crippen LogP contribution in [0.3, 0.4) is 0 Å². The third kappa shape index (κ3) is 3.69. The van der Waals surface area contributed by atoms with Crippen molar-refractivity contribution in [3.8, 4) is 0 Å². The number of hydrogen-bond acceptors (Lipinski definition) is 1. The van der Waals surface area contributed by atoms with Gasteiger partial charge in [0.1, 0.15) is 0 Å². The molecule has 0 bridgehead atoms. The molecule has 0 saturated carbocycles. The Bertz CT molecular complexity index is 73.0. The van der Waals surface area contributed by atoms with Crippen LogP contribution in [0.15, 0.2) is 0 Å². The van der Waals surface area contributed by atoms with E-state index in [1.54, 1.807) is 0 Å². The van der Waals surface area contributed by atoms with Gasteiger partial charge in [-0.1, -0.05) is 12.8 Å². The van der Waals surface area contributed by atoms with Gasteiger partial charge in [-0.15, -0.1) is 0 Å². The first-order chi connectivity index (χ1) is 3.71. The van der Waals surface area contributed by atoms with Gasteiger partial charge in [-0.05, 0) is 13.1 Å². The molecular weight excluding hydrogens is 187 g/mol. The molecule has 2 heteroatoms. The van der Waals surface area contributed by atoms with Crippen LogP contribution in [0.2, 0.25) is 0 Å². The van der Waals surface area contributed by atoms with Gasteiger partial charge in [-0.2, -0.15) is 0 Å². The summed E-state index contributed by atoms with van der Waals surface area (Å²) in [6, 6.07) is 0. The third-order valence-electron chi connectivity index (χ3n) is 1.66. The second-order valence-corrected chi connectivity index (χ2v) is 2.75. The van der Waals surface area contributed by atoms with Crippen molar-refractivity contribution in [3.63, 3.8) is 0 Å². The Kier molecular flexibility index (Phi) is 4.53. The predicted octanol–water partition coefficient (Wildman–Crippen LogP) is 1.02. The Morgan fingerprint density at radius 1 is 1.11 bits per heavy atom. The van der Waals surface area contributed by atoms with Crippen molar-refractivity contribution in [2.45, 2.75) is 12.8 Å². The molecule has 1 radical (unpaired) electrons. The molecule has 51 valence electrons. The summed E-state index contributed by atoms with van der Waals surface area (Å²) in [7, 11) is 0. The van der Waals surface area contributed by atoms with Gasteiger partial charge >= 0.3 is 0 Å². The molecule has 0 spiro atoms. The fourth-order valence-corrected chi connectivity index (χ4v) is 0.957. The van der Waals surface area contributed by atoms with Crippen LogP contribution in [-0.2, 0) is 32.7 Å². The van der Waals surface area contributed by atoms with E-state index in [1.807, 2.05) is 0 Å². The number of piperidine rings is 1. The number of rotatable bonds is 0. The van der Waals surface area contributed by atoms with Crippen molar-refractivity contribution >= 4 is 0 Å². The Morgan fingerprint density at radius 2 is 1.56 bits per heavy atom. The van der Waals surface area contributed by atoms with Crippen molar-refractivity contribution in [2.24, 2.45) is 5.41 Å². The van der Waals surface area contributed by atoms with Gasteiger partial charge in [-0.3, -0.25) is 5.41 Å². The normalized spacial score (nSPS) is 24.7. The first-order valence-electron chi connectivity index (χ1n) is 3.12. The van der Waals surface area contributed by atoms with Crippen molar-refractivity contribution in [2.75, 3.05) is 13.1 Å². The van der Waals surface area contributed by atoms with Gasteiger partial charge in [0.05, 0.1) is 0 Å². The van der Waals surface area contributed by atoms with Crippen molar-refractivity contribution in [3.05, 3.63) is 13.8 Å². The summed E-state index contributed by atoms with van der Waals surface area (Å²) in [4.78, 5) is 0. The zero-order valence-corrected chi connectivity index (χ0v) is 8.66. The number of hydrogen-bond donors (Lipinski definition) is 1. The second kappa shape index (κ2) is 4.05. The second-order valence-electron chi connectivity index (χ2n) is 2.75. The maximum atomic E-state index is 3.98. The molecule has 0 atom stereocenters. The molecule has 1 heterocycles. The Labute approximate surface area is 82.9 Å². The molecule has 0 amide bonds. The largest absolute Gasteiger partial charge is 0.367 e. The summed E-state index contributed by atoms with van der Waals surface area (Å²) in [6.07, 6.45) is 2.24. The van der Waals surface area contributed by atoms with Crippen LogP contribution in [0, 0.1) is 19.3 Å². The SMILES string of the molecule is [CH2-]C1([CH2-])CCNCC1.[Y]. The van der Waals surface area contributed by atoms with E-state index in [4.69, 9.17) is 0 Å². The molecule has 1 saturated heterocycles. The van der Waals surface area contributed by atoms with Crippen LogP contribution in [0.5, 0.6) is 0 Å². The molecule has 1 aliphatic rings. The van der Waals surface area contributed by atoms with Crippen LogP contribution in [0.25, 0.3) is 0 Å². The van der Waals surface area contributed by atoms with Crippen LogP contribution in [0.4, 0.5) is 0 Å². The van der Waals surface area contributed by atoms with Gasteiger partial charge in [0.25, 0.3) is 0 Å². The molecule has 1 nitrogen and oxygen atoms in total. The maximum Gasteiger partial charge on any atom is 0 e. The molecular formula is C7H13NY-2. The fraction of sp³-hybridized carbons (Fsp3) is 0.714. The van der Waals surface area contributed by atoms with Crippen molar-refractivity contribution in [1.29, 1.82) is 0 Å². The first-order valence-corrected chi connectivity index (χ1v) is 3.12. The molecule has 1 N–H and O–H groups in total. The van der Waals surface area contributed by atoms with E-state index < -0.39 is 0 Å². The Hall–Kier alpha value is 1.06.